The molecule has 0 amide bonds. The number of hydrogen-bond acceptors (Lipinski definition) is 5. The minimum absolute atomic E-state index is 0.565. The van der Waals surface area contributed by atoms with E-state index in [1.165, 1.54) is 12.8 Å². The highest BCUT2D eigenvalue weighted by atomic mass is 16.3. The molecule has 2 heterocycles. The summed E-state index contributed by atoms with van der Waals surface area (Å²) in [5.74, 6) is 7.96. The lowest BCUT2D eigenvalue weighted by Gasteiger charge is -2.22. The van der Waals surface area contributed by atoms with Crippen LogP contribution in [0, 0.1) is 0 Å². The highest BCUT2D eigenvalue weighted by molar-refractivity contribution is 5.48. The van der Waals surface area contributed by atoms with E-state index >= 15 is 0 Å². The molecule has 1 saturated carbocycles. The first-order valence-corrected chi connectivity index (χ1v) is 6.09. The fourth-order valence-electron chi connectivity index (χ4n) is 2.02. The van der Waals surface area contributed by atoms with Gasteiger partial charge in [-0.3, -0.25) is 0 Å². The van der Waals surface area contributed by atoms with E-state index in [2.05, 4.69) is 15.3 Å². The van der Waals surface area contributed by atoms with Gasteiger partial charge in [-0.25, -0.2) is 10.8 Å². The smallest absolute Gasteiger partial charge is 0.142 e. The van der Waals surface area contributed by atoms with Gasteiger partial charge in [0.15, 0.2) is 0 Å². The Bertz CT molecular complexity index is 507. The number of anilines is 2. The van der Waals surface area contributed by atoms with Gasteiger partial charge in [-0.2, -0.15) is 0 Å². The van der Waals surface area contributed by atoms with Crippen LogP contribution >= 0.6 is 0 Å². The molecule has 3 N–H and O–H groups in total. The third kappa shape index (κ3) is 2.31. The molecule has 0 aliphatic heterocycles. The molecule has 1 aliphatic rings. The number of aromatic nitrogens is 1. The summed E-state index contributed by atoms with van der Waals surface area (Å²) in [7, 11) is 0. The lowest BCUT2D eigenvalue weighted by molar-refractivity contribution is 0.500. The number of hydrogen-bond donors (Lipinski definition) is 2. The minimum atomic E-state index is 0.565. The molecule has 5 heteroatoms. The van der Waals surface area contributed by atoms with E-state index in [4.69, 9.17) is 10.3 Å². The average molecular weight is 244 g/mol. The van der Waals surface area contributed by atoms with Gasteiger partial charge in [-0.05, 0) is 37.1 Å². The van der Waals surface area contributed by atoms with Gasteiger partial charge in [-0.15, -0.1) is 0 Å². The maximum atomic E-state index is 5.41. The SMILES string of the molecule is NNc1cccc(N(Cc2ccco2)C2CC2)n1. The molecule has 0 bridgehead atoms. The van der Waals surface area contributed by atoms with Crippen LogP contribution in [0.4, 0.5) is 11.6 Å². The van der Waals surface area contributed by atoms with Gasteiger partial charge in [0, 0.05) is 6.04 Å². The van der Waals surface area contributed by atoms with E-state index in [1.807, 2.05) is 30.3 Å². The maximum Gasteiger partial charge on any atom is 0.142 e. The predicted octanol–water partition coefficient (Wildman–Crippen LogP) is 2.13. The zero-order chi connectivity index (χ0) is 12.4. The fourth-order valence-corrected chi connectivity index (χ4v) is 2.02. The summed E-state index contributed by atoms with van der Waals surface area (Å²) in [6.07, 6.45) is 4.12. The molecule has 2 aromatic rings. The van der Waals surface area contributed by atoms with Crippen LogP contribution in [0.15, 0.2) is 41.0 Å². The Morgan fingerprint density at radius 1 is 1.33 bits per heavy atom. The van der Waals surface area contributed by atoms with Crippen molar-refractivity contribution in [3.8, 4) is 0 Å². The molecule has 1 aliphatic carbocycles. The average Bonchev–Trinajstić information content (AvgIpc) is 3.13. The lowest BCUT2D eigenvalue weighted by atomic mass is 10.3. The molecular weight excluding hydrogens is 228 g/mol. The zero-order valence-electron chi connectivity index (χ0n) is 10.0. The molecule has 0 atom stereocenters. The lowest BCUT2D eigenvalue weighted by Crippen LogP contribution is -2.26. The van der Waals surface area contributed by atoms with Crippen LogP contribution in [-0.4, -0.2) is 11.0 Å². The Morgan fingerprint density at radius 3 is 2.89 bits per heavy atom. The van der Waals surface area contributed by atoms with Crippen LogP contribution in [0.5, 0.6) is 0 Å². The van der Waals surface area contributed by atoms with Crippen LogP contribution in [0.3, 0.4) is 0 Å². The Hall–Kier alpha value is -2.01. The van der Waals surface area contributed by atoms with E-state index in [-0.39, 0.29) is 0 Å². The van der Waals surface area contributed by atoms with Gasteiger partial charge in [0.25, 0.3) is 0 Å². The topological polar surface area (TPSA) is 67.3 Å². The van der Waals surface area contributed by atoms with Crippen molar-refractivity contribution in [3.05, 3.63) is 42.4 Å². The summed E-state index contributed by atoms with van der Waals surface area (Å²) in [6.45, 7) is 0.749. The van der Waals surface area contributed by atoms with Crippen LogP contribution in [0.1, 0.15) is 18.6 Å². The second-order valence-electron chi connectivity index (χ2n) is 4.46. The summed E-state index contributed by atoms with van der Waals surface area (Å²) >= 11 is 0. The molecule has 1 fully saturated rings. The second-order valence-corrected chi connectivity index (χ2v) is 4.46. The number of rotatable bonds is 5. The quantitative estimate of drug-likeness (QED) is 0.623. The van der Waals surface area contributed by atoms with Gasteiger partial charge in [0.05, 0.1) is 12.8 Å². The first-order chi connectivity index (χ1) is 8.86. The first kappa shape index (κ1) is 11.1. The van der Waals surface area contributed by atoms with Crippen molar-refractivity contribution in [1.82, 2.24) is 4.98 Å². The van der Waals surface area contributed by atoms with Gasteiger partial charge in [0.1, 0.15) is 17.4 Å². The van der Waals surface area contributed by atoms with Crippen LogP contribution < -0.4 is 16.2 Å². The van der Waals surface area contributed by atoms with Crippen molar-refractivity contribution in [2.75, 3.05) is 10.3 Å². The molecule has 2 aromatic heterocycles. The van der Waals surface area contributed by atoms with Crippen LogP contribution in [0.25, 0.3) is 0 Å². The normalized spacial score (nSPS) is 14.5. The molecule has 0 saturated heterocycles. The maximum absolute atomic E-state index is 5.41. The Labute approximate surface area is 106 Å². The summed E-state index contributed by atoms with van der Waals surface area (Å²) in [6, 6.07) is 10.3. The van der Waals surface area contributed by atoms with Crippen molar-refractivity contribution in [1.29, 1.82) is 0 Å². The molecule has 0 radical (unpaired) electrons. The zero-order valence-corrected chi connectivity index (χ0v) is 10.0. The van der Waals surface area contributed by atoms with Crippen molar-refractivity contribution >= 4 is 11.6 Å². The highest BCUT2D eigenvalue weighted by Gasteiger charge is 2.30. The van der Waals surface area contributed by atoms with E-state index in [0.717, 1.165) is 18.1 Å². The fraction of sp³-hybridized carbons (Fsp3) is 0.308. The molecule has 0 aromatic carbocycles. The number of nitrogen functional groups attached to an aromatic ring is 1. The number of nitrogens with zero attached hydrogens (tertiary/aromatic N) is 2. The summed E-state index contributed by atoms with van der Waals surface area (Å²) < 4.78 is 5.41. The summed E-state index contributed by atoms with van der Waals surface area (Å²) in [5.41, 5.74) is 2.58. The number of nitrogens with one attached hydrogen (secondary N) is 1. The Kier molecular flexibility index (Phi) is 2.90. The highest BCUT2D eigenvalue weighted by Crippen LogP contribution is 2.32. The first-order valence-electron chi connectivity index (χ1n) is 6.09. The summed E-state index contributed by atoms with van der Waals surface area (Å²) in [5, 5.41) is 0. The Morgan fingerprint density at radius 2 is 2.22 bits per heavy atom. The number of hydrazine groups is 1. The van der Waals surface area contributed by atoms with Gasteiger partial charge in [-0.1, -0.05) is 6.07 Å². The largest absolute Gasteiger partial charge is 0.467 e. The van der Waals surface area contributed by atoms with Crippen molar-refractivity contribution in [2.24, 2.45) is 5.84 Å². The van der Waals surface area contributed by atoms with Crippen molar-refractivity contribution in [2.45, 2.75) is 25.4 Å². The van der Waals surface area contributed by atoms with E-state index in [1.54, 1.807) is 6.26 Å². The van der Waals surface area contributed by atoms with Crippen molar-refractivity contribution in [3.63, 3.8) is 0 Å². The van der Waals surface area contributed by atoms with Crippen molar-refractivity contribution < 1.29 is 4.42 Å². The minimum Gasteiger partial charge on any atom is -0.467 e. The Balaban J connectivity index is 1.84. The molecule has 0 unspecified atom stereocenters. The molecule has 5 nitrogen and oxygen atoms in total. The van der Waals surface area contributed by atoms with Gasteiger partial charge < -0.3 is 14.7 Å². The third-order valence-corrected chi connectivity index (χ3v) is 3.07. The molecular formula is C13H16N4O. The van der Waals surface area contributed by atoms with Crippen LogP contribution in [-0.2, 0) is 6.54 Å². The van der Waals surface area contributed by atoms with E-state index < -0.39 is 0 Å². The van der Waals surface area contributed by atoms with E-state index in [9.17, 15) is 0 Å². The molecule has 94 valence electrons. The predicted molar refractivity (Wildman–Crippen MR) is 70.0 cm³/mol. The number of nitrogens with two attached hydrogens (primary N) is 1. The molecule has 18 heavy (non-hydrogen) atoms. The third-order valence-electron chi connectivity index (χ3n) is 3.07. The molecule has 0 spiro atoms. The van der Waals surface area contributed by atoms with Crippen LogP contribution in [0.2, 0.25) is 0 Å². The molecule has 3 rings (SSSR count). The standard InChI is InChI=1S/C13H16N4O/c14-16-12-4-1-5-13(15-12)17(10-6-7-10)9-11-3-2-8-18-11/h1-5,8,10H,6-7,9,14H2,(H,15,16). The number of furan rings is 1. The van der Waals surface area contributed by atoms with E-state index in [0.29, 0.717) is 11.9 Å². The van der Waals surface area contributed by atoms with Gasteiger partial charge in [0.2, 0.25) is 0 Å². The van der Waals surface area contributed by atoms with Gasteiger partial charge >= 0.3 is 0 Å². The second kappa shape index (κ2) is 4.70. The number of pyridine rings is 1. The summed E-state index contributed by atoms with van der Waals surface area (Å²) in [4.78, 5) is 6.75. The monoisotopic (exact) mass is 244 g/mol.